The van der Waals surface area contributed by atoms with E-state index in [1.165, 1.54) is 0 Å². The average Bonchev–Trinajstić information content (AvgIpc) is 2.50. The van der Waals surface area contributed by atoms with Crippen LogP contribution in [-0.4, -0.2) is 24.6 Å². The van der Waals surface area contributed by atoms with E-state index in [1.807, 2.05) is 24.3 Å². The molecule has 0 saturated heterocycles. The zero-order chi connectivity index (χ0) is 15.1. The number of carbonyl (C=O) groups is 1. The van der Waals surface area contributed by atoms with Gasteiger partial charge in [0, 0.05) is 17.6 Å². The van der Waals surface area contributed by atoms with Gasteiger partial charge in [-0.05, 0) is 43.5 Å². The van der Waals surface area contributed by atoms with E-state index >= 15 is 0 Å². The largest absolute Gasteiger partial charge is 0.494 e. The number of amides is 1. The van der Waals surface area contributed by atoms with Crippen LogP contribution in [0, 0.1) is 0 Å². The number of ether oxygens (including phenoxy) is 1. The highest BCUT2D eigenvalue weighted by molar-refractivity contribution is 5.94. The highest BCUT2D eigenvalue weighted by Crippen LogP contribution is 2.18. The minimum atomic E-state index is -0.0440. The van der Waals surface area contributed by atoms with Crippen molar-refractivity contribution in [2.75, 3.05) is 6.61 Å². The predicted molar refractivity (Wildman–Crippen MR) is 84.5 cm³/mol. The summed E-state index contributed by atoms with van der Waals surface area (Å²) >= 11 is 0. The monoisotopic (exact) mass is 290 g/mol. The van der Waals surface area contributed by atoms with Crippen molar-refractivity contribution in [1.29, 1.82) is 0 Å². The Hall–Kier alpha value is -1.55. The first-order chi connectivity index (χ1) is 10.2. The number of carbonyl (C=O) groups excluding carboxylic acids is 1. The topological polar surface area (TPSA) is 64.3 Å². The lowest BCUT2D eigenvalue weighted by atomic mass is 9.91. The molecule has 4 nitrogen and oxygen atoms in total. The van der Waals surface area contributed by atoms with Gasteiger partial charge >= 0.3 is 0 Å². The normalized spacial score (nSPS) is 21.8. The Balaban J connectivity index is 1.87. The molecule has 1 aliphatic carbocycles. The fraction of sp³-hybridized carbons (Fsp3) is 0.588. The summed E-state index contributed by atoms with van der Waals surface area (Å²) in [7, 11) is 0. The molecular weight excluding hydrogens is 264 g/mol. The van der Waals surface area contributed by atoms with E-state index < -0.39 is 0 Å². The Morgan fingerprint density at radius 3 is 2.67 bits per heavy atom. The zero-order valence-corrected chi connectivity index (χ0v) is 12.8. The summed E-state index contributed by atoms with van der Waals surface area (Å²) in [6.45, 7) is 2.85. The third-order valence-corrected chi connectivity index (χ3v) is 4.02. The minimum Gasteiger partial charge on any atom is -0.494 e. The van der Waals surface area contributed by atoms with Gasteiger partial charge in [0.1, 0.15) is 5.75 Å². The quantitative estimate of drug-likeness (QED) is 0.792. The van der Waals surface area contributed by atoms with Gasteiger partial charge in [-0.25, -0.2) is 0 Å². The lowest BCUT2D eigenvalue weighted by Gasteiger charge is -2.29. The summed E-state index contributed by atoms with van der Waals surface area (Å²) in [5.41, 5.74) is 6.73. The molecule has 1 aromatic carbocycles. The molecule has 0 radical (unpaired) electrons. The molecule has 0 spiro atoms. The zero-order valence-electron chi connectivity index (χ0n) is 12.8. The van der Waals surface area contributed by atoms with Crippen LogP contribution in [-0.2, 0) is 0 Å². The Morgan fingerprint density at radius 2 is 2.00 bits per heavy atom. The van der Waals surface area contributed by atoms with E-state index in [9.17, 15) is 4.79 Å². The standard InChI is InChI=1S/C17H26N2O2/c1-2-3-12-21-14-10-8-13(9-11-14)17(20)19-16-7-5-4-6-15(16)18/h8-11,15-16H,2-7,12,18H2,1H3,(H,19,20). The van der Waals surface area contributed by atoms with Gasteiger partial charge in [-0.2, -0.15) is 0 Å². The molecule has 1 fully saturated rings. The van der Waals surface area contributed by atoms with Crippen molar-refractivity contribution in [2.24, 2.45) is 5.73 Å². The van der Waals surface area contributed by atoms with Crippen LogP contribution >= 0.6 is 0 Å². The Morgan fingerprint density at radius 1 is 1.29 bits per heavy atom. The second-order valence-corrected chi connectivity index (χ2v) is 5.75. The first-order valence-electron chi connectivity index (χ1n) is 8.00. The summed E-state index contributed by atoms with van der Waals surface area (Å²) in [4.78, 5) is 12.2. The predicted octanol–water partition coefficient (Wildman–Crippen LogP) is 2.87. The molecule has 4 heteroatoms. The van der Waals surface area contributed by atoms with Crippen LogP contribution in [0.15, 0.2) is 24.3 Å². The van der Waals surface area contributed by atoms with Gasteiger partial charge in [-0.1, -0.05) is 26.2 Å². The molecule has 116 valence electrons. The maximum absolute atomic E-state index is 12.2. The Bertz CT molecular complexity index is 445. The Labute approximate surface area is 127 Å². The smallest absolute Gasteiger partial charge is 0.251 e. The van der Waals surface area contributed by atoms with Crippen molar-refractivity contribution in [1.82, 2.24) is 5.32 Å². The number of nitrogens with two attached hydrogens (primary N) is 1. The molecule has 0 bridgehead atoms. The highest BCUT2D eigenvalue weighted by Gasteiger charge is 2.23. The van der Waals surface area contributed by atoms with Crippen LogP contribution < -0.4 is 15.8 Å². The summed E-state index contributed by atoms with van der Waals surface area (Å²) in [6, 6.07) is 7.51. The van der Waals surface area contributed by atoms with Crippen LogP contribution in [0.4, 0.5) is 0 Å². The first-order valence-corrected chi connectivity index (χ1v) is 8.00. The summed E-state index contributed by atoms with van der Waals surface area (Å²) < 4.78 is 5.60. The Kier molecular flexibility index (Phi) is 6.05. The van der Waals surface area contributed by atoms with Gasteiger partial charge in [0.15, 0.2) is 0 Å². The van der Waals surface area contributed by atoms with Crippen LogP contribution in [0.2, 0.25) is 0 Å². The molecule has 1 aromatic rings. The molecule has 0 heterocycles. The van der Waals surface area contributed by atoms with Crippen molar-refractivity contribution in [3.05, 3.63) is 29.8 Å². The molecule has 1 saturated carbocycles. The molecular formula is C17H26N2O2. The highest BCUT2D eigenvalue weighted by atomic mass is 16.5. The first kappa shape index (κ1) is 15.8. The van der Waals surface area contributed by atoms with Crippen LogP contribution in [0.25, 0.3) is 0 Å². The number of hydrogen-bond acceptors (Lipinski definition) is 3. The van der Waals surface area contributed by atoms with Gasteiger partial charge in [-0.15, -0.1) is 0 Å². The third-order valence-electron chi connectivity index (χ3n) is 4.02. The van der Waals surface area contributed by atoms with Gasteiger partial charge in [-0.3, -0.25) is 4.79 Å². The fourth-order valence-corrected chi connectivity index (χ4v) is 2.63. The lowest BCUT2D eigenvalue weighted by molar-refractivity contribution is 0.0921. The average molecular weight is 290 g/mol. The number of benzene rings is 1. The summed E-state index contributed by atoms with van der Waals surface area (Å²) in [6.07, 6.45) is 6.43. The molecule has 2 atom stereocenters. The van der Waals surface area contributed by atoms with Gasteiger partial charge in [0.25, 0.3) is 5.91 Å². The van der Waals surface area contributed by atoms with Gasteiger partial charge in [0.05, 0.1) is 6.61 Å². The number of hydrogen-bond donors (Lipinski definition) is 2. The number of rotatable bonds is 6. The minimum absolute atomic E-state index is 0.0440. The fourth-order valence-electron chi connectivity index (χ4n) is 2.63. The molecule has 1 amide bonds. The van der Waals surface area contributed by atoms with Crippen molar-refractivity contribution in [3.63, 3.8) is 0 Å². The summed E-state index contributed by atoms with van der Waals surface area (Å²) in [5.74, 6) is 0.770. The molecule has 1 aliphatic rings. The van der Waals surface area contributed by atoms with Crippen LogP contribution in [0.3, 0.4) is 0 Å². The molecule has 2 rings (SSSR count). The van der Waals surface area contributed by atoms with Crippen molar-refractivity contribution in [2.45, 2.75) is 57.5 Å². The van der Waals surface area contributed by atoms with Crippen molar-refractivity contribution in [3.8, 4) is 5.75 Å². The summed E-state index contributed by atoms with van der Waals surface area (Å²) in [5, 5.41) is 3.05. The number of unbranched alkanes of at least 4 members (excludes halogenated alkanes) is 1. The molecule has 0 aromatic heterocycles. The SMILES string of the molecule is CCCCOc1ccc(C(=O)NC2CCCCC2N)cc1. The molecule has 3 N–H and O–H groups in total. The van der Waals surface area contributed by atoms with Gasteiger partial charge < -0.3 is 15.8 Å². The van der Waals surface area contributed by atoms with E-state index in [4.69, 9.17) is 10.5 Å². The lowest BCUT2D eigenvalue weighted by Crippen LogP contribution is -2.49. The maximum atomic E-state index is 12.2. The van der Waals surface area contributed by atoms with Crippen LogP contribution in [0.1, 0.15) is 55.8 Å². The molecule has 0 aliphatic heterocycles. The van der Waals surface area contributed by atoms with Crippen molar-refractivity contribution < 1.29 is 9.53 Å². The second-order valence-electron chi connectivity index (χ2n) is 5.75. The second kappa shape index (κ2) is 8.03. The van der Waals surface area contributed by atoms with E-state index in [2.05, 4.69) is 12.2 Å². The van der Waals surface area contributed by atoms with E-state index in [1.54, 1.807) is 0 Å². The van der Waals surface area contributed by atoms with Crippen LogP contribution in [0.5, 0.6) is 5.75 Å². The molecule has 21 heavy (non-hydrogen) atoms. The van der Waals surface area contributed by atoms with E-state index in [0.717, 1.165) is 50.9 Å². The third kappa shape index (κ3) is 4.74. The maximum Gasteiger partial charge on any atom is 0.251 e. The van der Waals surface area contributed by atoms with Gasteiger partial charge in [0.2, 0.25) is 0 Å². The van der Waals surface area contributed by atoms with E-state index in [-0.39, 0.29) is 18.0 Å². The van der Waals surface area contributed by atoms with Crippen molar-refractivity contribution >= 4 is 5.91 Å². The molecule has 2 unspecified atom stereocenters. The number of nitrogens with one attached hydrogen (secondary N) is 1. The van der Waals surface area contributed by atoms with E-state index in [0.29, 0.717) is 5.56 Å².